The van der Waals surface area contributed by atoms with Gasteiger partial charge >= 0.3 is 6.09 Å². The molecule has 1 aliphatic heterocycles. The fourth-order valence-corrected chi connectivity index (χ4v) is 2.70. The fourth-order valence-electron chi connectivity index (χ4n) is 2.36. The minimum absolute atomic E-state index is 0.168. The SMILES string of the molecule is CCOC(=O)N1CCC(C(=O)Nc2ccc(Br)cc2F)CC1. The van der Waals surface area contributed by atoms with E-state index in [0.717, 1.165) is 0 Å². The van der Waals surface area contributed by atoms with Crippen molar-refractivity contribution in [3.8, 4) is 0 Å². The summed E-state index contributed by atoms with van der Waals surface area (Å²) in [7, 11) is 0. The Kier molecular flexibility index (Phi) is 5.76. The third kappa shape index (κ3) is 4.19. The Morgan fingerprint density at radius 3 is 2.68 bits per heavy atom. The molecule has 0 aromatic heterocycles. The zero-order chi connectivity index (χ0) is 16.1. The van der Waals surface area contributed by atoms with Gasteiger partial charge in [-0.15, -0.1) is 0 Å². The molecule has 0 bridgehead atoms. The van der Waals surface area contributed by atoms with Crippen molar-refractivity contribution in [3.05, 3.63) is 28.5 Å². The molecule has 1 aliphatic rings. The maximum absolute atomic E-state index is 13.7. The van der Waals surface area contributed by atoms with E-state index in [1.807, 2.05) is 0 Å². The highest BCUT2D eigenvalue weighted by Crippen LogP contribution is 2.23. The maximum atomic E-state index is 13.7. The van der Waals surface area contributed by atoms with Crippen LogP contribution in [-0.2, 0) is 9.53 Å². The molecule has 1 aromatic carbocycles. The summed E-state index contributed by atoms with van der Waals surface area (Å²) in [5.74, 6) is -0.926. The summed E-state index contributed by atoms with van der Waals surface area (Å²) in [4.78, 5) is 25.4. The van der Waals surface area contributed by atoms with Crippen LogP contribution in [0.1, 0.15) is 19.8 Å². The van der Waals surface area contributed by atoms with Gasteiger partial charge in [0.05, 0.1) is 12.3 Å². The molecule has 5 nitrogen and oxygen atoms in total. The second-order valence-corrected chi connectivity index (χ2v) is 5.99. The largest absolute Gasteiger partial charge is 0.450 e. The maximum Gasteiger partial charge on any atom is 0.409 e. The number of hydrogen-bond acceptors (Lipinski definition) is 3. The number of nitrogens with zero attached hydrogens (tertiary/aromatic N) is 1. The number of nitrogens with one attached hydrogen (secondary N) is 1. The first-order valence-corrected chi connectivity index (χ1v) is 7.98. The number of rotatable bonds is 3. The van der Waals surface area contributed by atoms with Gasteiger partial charge in [-0.3, -0.25) is 4.79 Å². The molecular formula is C15H18BrFN2O3. The van der Waals surface area contributed by atoms with E-state index in [1.165, 1.54) is 12.1 Å². The normalized spacial score (nSPS) is 15.5. The Morgan fingerprint density at radius 1 is 1.41 bits per heavy atom. The highest BCUT2D eigenvalue weighted by atomic mass is 79.9. The Balaban J connectivity index is 1.88. The molecule has 2 amide bonds. The molecule has 1 fully saturated rings. The van der Waals surface area contributed by atoms with E-state index in [0.29, 0.717) is 37.0 Å². The van der Waals surface area contributed by atoms with E-state index in [2.05, 4.69) is 21.2 Å². The third-order valence-electron chi connectivity index (χ3n) is 3.58. The Morgan fingerprint density at radius 2 is 2.09 bits per heavy atom. The van der Waals surface area contributed by atoms with E-state index in [4.69, 9.17) is 4.74 Å². The first kappa shape index (κ1) is 16.7. The predicted octanol–water partition coefficient (Wildman–Crippen LogP) is 3.40. The molecule has 0 atom stereocenters. The number of benzene rings is 1. The fraction of sp³-hybridized carbons (Fsp3) is 0.467. The predicted molar refractivity (Wildman–Crippen MR) is 84.0 cm³/mol. The molecule has 0 unspecified atom stereocenters. The Labute approximate surface area is 136 Å². The summed E-state index contributed by atoms with van der Waals surface area (Å²) in [6.45, 7) is 3.03. The third-order valence-corrected chi connectivity index (χ3v) is 4.07. The molecule has 1 aromatic rings. The van der Waals surface area contributed by atoms with Gasteiger partial charge < -0.3 is 15.0 Å². The summed E-state index contributed by atoms with van der Waals surface area (Å²) in [6, 6.07) is 4.49. The van der Waals surface area contributed by atoms with Crippen molar-refractivity contribution >= 4 is 33.6 Å². The lowest BCUT2D eigenvalue weighted by molar-refractivity contribution is -0.121. The smallest absolute Gasteiger partial charge is 0.409 e. The number of carbonyl (C=O) groups is 2. The summed E-state index contributed by atoms with van der Waals surface area (Å²) in [5, 5.41) is 2.61. The van der Waals surface area contributed by atoms with Crippen LogP contribution in [0.2, 0.25) is 0 Å². The highest BCUT2D eigenvalue weighted by Gasteiger charge is 2.28. The van der Waals surface area contributed by atoms with E-state index >= 15 is 0 Å². The zero-order valence-electron chi connectivity index (χ0n) is 12.3. The van der Waals surface area contributed by atoms with Gasteiger partial charge in [0, 0.05) is 23.5 Å². The molecule has 1 N–H and O–H groups in total. The number of halogens is 2. The summed E-state index contributed by atoms with van der Waals surface area (Å²) >= 11 is 3.17. The van der Waals surface area contributed by atoms with Crippen LogP contribution in [0.3, 0.4) is 0 Å². The molecule has 2 rings (SSSR count). The van der Waals surface area contributed by atoms with Crippen LogP contribution in [0, 0.1) is 11.7 Å². The number of anilines is 1. The quantitative estimate of drug-likeness (QED) is 0.884. The molecule has 1 saturated heterocycles. The lowest BCUT2D eigenvalue weighted by Gasteiger charge is -2.30. The number of likely N-dealkylation sites (tertiary alicyclic amines) is 1. The van der Waals surface area contributed by atoms with Crippen LogP contribution >= 0.6 is 15.9 Å². The van der Waals surface area contributed by atoms with Crippen molar-refractivity contribution in [3.63, 3.8) is 0 Å². The van der Waals surface area contributed by atoms with Gasteiger partial charge in [0.1, 0.15) is 5.82 Å². The van der Waals surface area contributed by atoms with Crippen molar-refractivity contribution in [1.82, 2.24) is 4.90 Å². The number of piperidine rings is 1. The monoisotopic (exact) mass is 372 g/mol. The molecule has 0 saturated carbocycles. The summed E-state index contributed by atoms with van der Waals surface area (Å²) in [6.07, 6.45) is 0.742. The van der Waals surface area contributed by atoms with E-state index in [9.17, 15) is 14.0 Å². The number of hydrogen-bond donors (Lipinski definition) is 1. The van der Waals surface area contributed by atoms with Crippen LogP contribution in [0.4, 0.5) is 14.9 Å². The topological polar surface area (TPSA) is 58.6 Å². The van der Waals surface area contributed by atoms with Crippen LogP contribution in [0.25, 0.3) is 0 Å². The molecule has 0 aliphatic carbocycles. The molecular weight excluding hydrogens is 355 g/mol. The van der Waals surface area contributed by atoms with Gasteiger partial charge in [-0.2, -0.15) is 0 Å². The Hall–Kier alpha value is -1.63. The van der Waals surface area contributed by atoms with Gasteiger partial charge in [0.25, 0.3) is 0 Å². The highest BCUT2D eigenvalue weighted by molar-refractivity contribution is 9.10. The first-order chi connectivity index (χ1) is 10.5. The number of amides is 2. The minimum Gasteiger partial charge on any atom is -0.450 e. The average Bonchev–Trinajstić information content (AvgIpc) is 2.50. The Bertz CT molecular complexity index is 560. The lowest BCUT2D eigenvalue weighted by atomic mass is 9.96. The summed E-state index contributed by atoms with van der Waals surface area (Å²) < 4.78 is 19.3. The van der Waals surface area contributed by atoms with Crippen molar-refractivity contribution < 1.29 is 18.7 Å². The second-order valence-electron chi connectivity index (χ2n) is 5.07. The molecule has 0 radical (unpaired) electrons. The number of carbonyl (C=O) groups excluding carboxylic acids is 2. The van der Waals surface area contributed by atoms with Gasteiger partial charge in [-0.05, 0) is 38.0 Å². The first-order valence-electron chi connectivity index (χ1n) is 7.19. The minimum atomic E-state index is -0.480. The number of ether oxygens (including phenoxy) is 1. The van der Waals surface area contributed by atoms with Crippen molar-refractivity contribution in [2.75, 3.05) is 25.0 Å². The standard InChI is InChI=1S/C15H18BrFN2O3/c1-2-22-15(21)19-7-5-10(6-8-19)14(20)18-13-4-3-11(16)9-12(13)17/h3-4,9-10H,2,5-8H2,1H3,(H,18,20). The zero-order valence-corrected chi connectivity index (χ0v) is 13.9. The van der Waals surface area contributed by atoms with Crippen molar-refractivity contribution in [2.45, 2.75) is 19.8 Å². The van der Waals surface area contributed by atoms with Gasteiger partial charge in [-0.1, -0.05) is 15.9 Å². The van der Waals surface area contributed by atoms with Crippen LogP contribution in [0.15, 0.2) is 22.7 Å². The van der Waals surface area contributed by atoms with Crippen LogP contribution in [-0.4, -0.2) is 36.6 Å². The van der Waals surface area contributed by atoms with E-state index in [-0.39, 0.29) is 23.6 Å². The van der Waals surface area contributed by atoms with Gasteiger partial charge in [0.2, 0.25) is 5.91 Å². The van der Waals surface area contributed by atoms with Gasteiger partial charge in [-0.25, -0.2) is 9.18 Å². The van der Waals surface area contributed by atoms with E-state index < -0.39 is 5.82 Å². The molecule has 0 spiro atoms. The second kappa shape index (κ2) is 7.58. The summed E-state index contributed by atoms with van der Waals surface area (Å²) in [5.41, 5.74) is 0.168. The van der Waals surface area contributed by atoms with E-state index in [1.54, 1.807) is 17.9 Å². The molecule has 22 heavy (non-hydrogen) atoms. The molecule has 7 heteroatoms. The van der Waals surface area contributed by atoms with Crippen LogP contribution < -0.4 is 5.32 Å². The molecule has 120 valence electrons. The van der Waals surface area contributed by atoms with Crippen LogP contribution in [0.5, 0.6) is 0 Å². The van der Waals surface area contributed by atoms with Crippen molar-refractivity contribution in [2.24, 2.45) is 5.92 Å². The lowest BCUT2D eigenvalue weighted by Crippen LogP contribution is -2.41. The van der Waals surface area contributed by atoms with Crippen molar-refractivity contribution in [1.29, 1.82) is 0 Å². The average molecular weight is 373 g/mol. The van der Waals surface area contributed by atoms with Gasteiger partial charge in [0.15, 0.2) is 0 Å². The molecule has 1 heterocycles.